The summed E-state index contributed by atoms with van der Waals surface area (Å²) in [5.74, 6) is 0.433. The van der Waals surface area contributed by atoms with Gasteiger partial charge in [-0.3, -0.25) is 0 Å². The SMILES string of the molecule is CCOC(=O)C1(CCCCOc2ccc(Cl)c(Cl)c2)CO1. The van der Waals surface area contributed by atoms with Gasteiger partial charge < -0.3 is 14.2 Å². The normalized spacial score (nSPS) is 20.1. The van der Waals surface area contributed by atoms with Crippen molar-refractivity contribution in [1.82, 2.24) is 0 Å². The topological polar surface area (TPSA) is 48.1 Å². The molecule has 1 saturated heterocycles. The molecule has 21 heavy (non-hydrogen) atoms. The van der Waals surface area contributed by atoms with Crippen LogP contribution in [0.4, 0.5) is 0 Å². The van der Waals surface area contributed by atoms with Gasteiger partial charge in [0.15, 0.2) is 5.60 Å². The lowest BCUT2D eigenvalue weighted by molar-refractivity contribution is -0.149. The van der Waals surface area contributed by atoms with Crippen molar-refractivity contribution in [3.05, 3.63) is 28.2 Å². The molecule has 4 nitrogen and oxygen atoms in total. The summed E-state index contributed by atoms with van der Waals surface area (Å²) in [6.07, 6.45) is 2.32. The minimum Gasteiger partial charge on any atom is -0.494 e. The Morgan fingerprint density at radius 3 is 2.71 bits per heavy atom. The molecule has 0 bridgehead atoms. The molecule has 1 aliphatic rings. The van der Waals surface area contributed by atoms with E-state index in [9.17, 15) is 4.79 Å². The van der Waals surface area contributed by atoms with Crippen LogP contribution >= 0.6 is 23.2 Å². The highest BCUT2D eigenvalue weighted by Gasteiger charge is 2.52. The maximum absolute atomic E-state index is 11.7. The molecular formula is C15H18Cl2O4. The number of unbranched alkanes of at least 4 members (excludes halogenated alkanes) is 1. The van der Waals surface area contributed by atoms with Gasteiger partial charge in [-0.05, 0) is 38.3 Å². The molecule has 1 unspecified atom stereocenters. The highest BCUT2D eigenvalue weighted by molar-refractivity contribution is 6.42. The smallest absolute Gasteiger partial charge is 0.340 e. The van der Waals surface area contributed by atoms with E-state index in [-0.39, 0.29) is 5.97 Å². The Kier molecular flexibility index (Phi) is 5.73. The number of rotatable bonds is 8. The molecule has 2 rings (SSSR count). The molecule has 1 atom stereocenters. The van der Waals surface area contributed by atoms with Crippen molar-refractivity contribution in [2.24, 2.45) is 0 Å². The third-order valence-electron chi connectivity index (χ3n) is 3.27. The number of ether oxygens (including phenoxy) is 3. The molecule has 0 aliphatic carbocycles. The molecule has 1 aromatic carbocycles. The second-order valence-electron chi connectivity index (χ2n) is 4.88. The summed E-state index contributed by atoms with van der Waals surface area (Å²) in [7, 11) is 0. The average Bonchev–Trinajstić information content (AvgIpc) is 3.24. The number of benzene rings is 1. The molecule has 1 aromatic rings. The van der Waals surface area contributed by atoms with E-state index in [1.807, 2.05) is 0 Å². The predicted molar refractivity (Wildman–Crippen MR) is 81.1 cm³/mol. The zero-order valence-electron chi connectivity index (χ0n) is 11.9. The molecule has 0 saturated carbocycles. The molecule has 1 fully saturated rings. The molecule has 116 valence electrons. The van der Waals surface area contributed by atoms with Crippen LogP contribution in [0.1, 0.15) is 26.2 Å². The quantitative estimate of drug-likeness (QED) is 0.412. The molecule has 0 N–H and O–H groups in total. The van der Waals surface area contributed by atoms with Crippen LogP contribution < -0.4 is 4.74 Å². The summed E-state index contributed by atoms with van der Waals surface area (Å²) in [5.41, 5.74) is -0.695. The molecule has 0 radical (unpaired) electrons. The van der Waals surface area contributed by atoms with Gasteiger partial charge in [-0.25, -0.2) is 4.79 Å². The largest absolute Gasteiger partial charge is 0.494 e. The zero-order chi connectivity index (χ0) is 15.3. The van der Waals surface area contributed by atoms with E-state index < -0.39 is 5.60 Å². The Bertz CT molecular complexity index is 500. The van der Waals surface area contributed by atoms with Crippen LogP contribution in [0.25, 0.3) is 0 Å². The second kappa shape index (κ2) is 7.34. The van der Waals surface area contributed by atoms with Crippen molar-refractivity contribution in [3.8, 4) is 5.75 Å². The second-order valence-corrected chi connectivity index (χ2v) is 5.70. The standard InChI is InChI=1S/C15H18Cl2O4/c1-2-19-14(18)15(10-21-15)7-3-4-8-20-11-5-6-12(16)13(17)9-11/h5-6,9H,2-4,7-8,10H2,1H3. The maximum Gasteiger partial charge on any atom is 0.340 e. The van der Waals surface area contributed by atoms with Gasteiger partial charge in [0.2, 0.25) is 0 Å². The first kappa shape index (κ1) is 16.4. The summed E-state index contributed by atoms with van der Waals surface area (Å²) < 4.78 is 15.8. The van der Waals surface area contributed by atoms with Crippen LogP contribution in [0.15, 0.2) is 18.2 Å². The number of halogens is 2. The lowest BCUT2D eigenvalue weighted by Crippen LogP contribution is -2.27. The molecule has 0 spiro atoms. The van der Waals surface area contributed by atoms with Gasteiger partial charge in [-0.1, -0.05) is 23.2 Å². The monoisotopic (exact) mass is 332 g/mol. The summed E-state index contributed by atoms with van der Waals surface area (Å²) in [6.45, 7) is 3.18. The summed E-state index contributed by atoms with van der Waals surface area (Å²) >= 11 is 11.7. The Morgan fingerprint density at radius 1 is 1.33 bits per heavy atom. The van der Waals surface area contributed by atoms with E-state index in [1.54, 1.807) is 25.1 Å². The predicted octanol–water partition coefficient (Wildman–Crippen LogP) is 3.87. The fraction of sp³-hybridized carbons (Fsp3) is 0.533. The highest BCUT2D eigenvalue weighted by Crippen LogP contribution is 2.34. The first-order chi connectivity index (χ1) is 10.1. The van der Waals surface area contributed by atoms with E-state index in [4.69, 9.17) is 37.4 Å². The van der Waals surface area contributed by atoms with Crippen molar-refractivity contribution in [2.75, 3.05) is 19.8 Å². The Hall–Kier alpha value is -0.970. The molecule has 0 amide bonds. The lowest BCUT2D eigenvalue weighted by Gasteiger charge is -2.11. The lowest BCUT2D eigenvalue weighted by atomic mass is 10.0. The van der Waals surface area contributed by atoms with Gasteiger partial charge in [0.1, 0.15) is 5.75 Å². The van der Waals surface area contributed by atoms with Crippen molar-refractivity contribution in [3.63, 3.8) is 0 Å². The molecule has 1 aliphatic heterocycles. The third kappa shape index (κ3) is 4.50. The first-order valence-electron chi connectivity index (χ1n) is 6.96. The van der Waals surface area contributed by atoms with Crippen molar-refractivity contribution in [2.45, 2.75) is 31.8 Å². The van der Waals surface area contributed by atoms with Crippen LogP contribution in [0.3, 0.4) is 0 Å². The number of carbonyl (C=O) groups excluding carboxylic acids is 1. The van der Waals surface area contributed by atoms with Crippen molar-refractivity contribution >= 4 is 29.2 Å². The van der Waals surface area contributed by atoms with Gasteiger partial charge in [0.25, 0.3) is 0 Å². The van der Waals surface area contributed by atoms with Crippen molar-refractivity contribution < 1.29 is 19.0 Å². The number of epoxide rings is 1. The molecule has 0 aromatic heterocycles. The minimum atomic E-state index is -0.695. The average molecular weight is 333 g/mol. The van der Waals surface area contributed by atoms with E-state index >= 15 is 0 Å². The van der Waals surface area contributed by atoms with Crippen LogP contribution in [-0.4, -0.2) is 31.4 Å². The summed E-state index contributed by atoms with van der Waals surface area (Å²) in [4.78, 5) is 11.7. The van der Waals surface area contributed by atoms with Gasteiger partial charge in [0, 0.05) is 6.07 Å². The van der Waals surface area contributed by atoms with E-state index in [2.05, 4.69) is 0 Å². The minimum absolute atomic E-state index is 0.254. The van der Waals surface area contributed by atoms with E-state index in [0.717, 1.165) is 12.8 Å². The van der Waals surface area contributed by atoms with Crippen LogP contribution in [0, 0.1) is 0 Å². The number of hydrogen-bond acceptors (Lipinski definition) is 4. The van der Waals surface area contributed by atoms with Crippen LogP contribution in [0.2, 0.25) is 10.0 Å². The van der Waals surface area contributed by atoms with Gasteiger partial charge in [-0.2, -0.15) is 0 Å². The Labute approximate surface area is 134 Å². The third-order valence-corrected chi connectivity index (χ3v) is 4.01. The first-order valence-corrected chi connectivity index (χ1v) is 7.72. The van der Waals surface area contributed by atoms with E-state index in [0.29, 0.717) is 42.0 Å². The number of carbonyl (C=O) groups is 1. The summed E-state index contributed by atoms with van der Waals surface area (Å²) in [6, 6.07) is 5.17. The number of hydrogen-bond donors (Lipinski definition) is 0. The van der Waals surface area contributed by atoms with Crippen LogP contribution in [-0.2, 0) is 14.3 Å². The fourth-order valence-electron chi connectivity index (χ4n) is 1.98. The molecular weight excluding hydrogens is 315 g/mol. The highest BCUT2D eigenvalue weighted by atomic mass is 35.5. The zero-order valence-corrected chi connectivity index (χ0v) is 13.4. The van der Waals surface area contributed by atoms with Crippen molar-refractivity contribution in [1.29, 1.82) is 0 Å². The fourth-order valence-corrected chi connectivity index (χ4v) is 2.27. The molecule has 1 heterocycles. The van der Waals surface area contributed by atoms with Gasteiger partial charge in [-0.15, -0.1) is 0 Å². The van der Waals surface area contributed by atoms with E-state index in [1.165, 1.54) is 0 Å². The van der Waals surface area contributed by atoms with Crippen LogP contribution in [0.5, 0.6) is 5.75 Å². The Balaban J connectivity index is 1.66. The Morgan fingerprint density at radius 2 is 2.10 bits per heavy atom. The molecule has 6 heteroatoms. The van der Waals surface area contributed by atoms with Gasteiger partial charge >= 0.3 is 5.97 Å². The van der Waals surface area contributed by atoms with Gasteiger partial charge in [0.05, 0.1) is 29.9 Å². The number of esters is 1. The maximum atomic E-state index is 11.7. The summed E-state index contributed by atoms with van der Waals surface area (Å²) in [5, 5.41) is 0.980.